The molecule has 106 valence electrons. The molecule has 0 saturated carbocycles. The Morgan fingerprint density at radius 3 is 2.75 bits per heavy atom. The summed E-state index contributed by atoms with van der Waals surface area (Å²) in [6.45, 7) is 0.940. The van der Waals surface area contributed by atoms with Gasteiger partial charge in [0.25, 0.3) is 11.7 Å². The Morgan fingerprint density at radius 2 is 2.15 bits per heavy atom. The highest BCUT2D eigenvalue weighted by Gasteiger charge is 2.27. The molecule has 0 aromatic heterocycles. The normalized spacial score (nSPS) is 18.9. The van der Waals surface area contributed by atoms with Crippen LogP contribution in [0, 0.1) is 11.3 Å². The van der Waals surface area contributed by atoms with Gasteiger partial charge in [-0.25, -0.2) is 0 Å². The van der Waals surface area contributed by atoms with E-state index in [4.69, 9.17) is 10.00 Å². The molecule has 2 rings (SSSR count). The maximum Gasteiger partial charge on any atom is 0.288 e. The molecule has 20 heavy (non-hydrogen) atoms. The summed E-state index contributed by atoms with van der Waals surface area (Å²) in [4.78, 5) is 14.1. The summed E-state index contributed by atoms with van der Waals surface area (Å²) >= 11 is 0.429. The third-order valence-electron chi connectivity index (χ3n) is 2.86. The van der Waals surface area contributed by atoms with Crippen molar-refractivity contribution >= 4 is 17.7 Å². The number of nitriles is 1. The molecule has 0 radical (unpaired) electrons. The van der Waals surface area contributed by atoms with E-state index in [0.717, 1.165) is 0 Å². The SMILES string of the molecule is N#CC1COCCN1C(=O)c1ccc(SC(F)F)cc1. The summed E-state index contributed by atoms with van der Waals surface area (Å²) < 4.78 is 29.6. The first-order valence-corrected chi connectivity index (χ1v) is 6.83. The molecule has 1 fully saturated rings. The summed E-state index contributed by atoms with van der Waals surface area (Å²) in [7, 11) is 0. The number of hydrogen-bond acceptors (Lipinski definition) is 4. The second-order valence-electron chi connectivity index (χ2n) is 4.12. The number of rotatable bonds is 3. The lowest BCUT2D eigenvalue weighted by Crippen LogP contribution is -2.47. The molecule has 1 aliphatic rings. The smallest absolute Gasteiger partial charge is 0.288 e. The van der Waals surface area contributed by atoms with Crippen molar-refractivity contribution < 1.29 is 18.3 Å². The number of morpholine rings is 1. The number of amides is 1. The van der Waals surface area contributed by atoms with E-state index in [9.17, 15) is 13.6 Å². The first-order valence-electron chi connectivity index (χ1n) is 5.95. The summed E-state index contributed by atoms with van der Waals surface area (Å²) in [5.41, 5.74) is 0.380. The number of benzene rings is 1. The number of alkyl halides is 2. The van der Waals surface area contributed by atoms with E-state index >= 15 is 0 Å². The Hall–Kier alpha value is -1.65. The summed E-state index contributed by atoms with van der Waals surface area (Å²) in [5.74, 6) is -2.77. The molecule has 1 aromatic carbocycles. The van der Waals surface area contributed by atoms with Crippen molar-refractivity contribution in [3.63, 3.8) is 0 Å². The third-order valence-corrected chi connectivity index (χ3v) is 3.59. The zero-order valence-corrected chi connectivity index (χ0v) is 11.3. The lowest BCUT2D eigenvalue weighted by atomic mass is 10.1. The van der Waals surface area contributed by atoms with Gasteiger partial charge in [0.15, 0.2) is 0 Å². The highest BCUT2D eigenvalue weighted by atomic mass is 32.2. The Labute approximate surface area is 119 Å². The van der Waals surface area contributed by atoms with Gasteiger partial charge in [-0.1, -0.05) is 11.8 Å². The molecule has 1 saturated heterocycles. The second kappa shape index (κ2) is 6.68. The van der Waals surface area contributed by atoms with Crippen LogP contribution in [-0.2, 0) is 4.74 Å². The van der Waals surface area contributed by atoms with Crippen LogP contribution in [-0.4, -0.2) is 42.4 Å². The Bertz CT molecular complexity index is 516. The highest BCUT2D eigenvalue weighted by molar-refractivity contribution is 7.99. The van der Waals surface area contributed by atoms with Gasteiger partial charge in [-0.3, -0.25) is 4.79 Å². The molecule has 1 atom stereocenters. The van der Waals surface area contributed by atoms with Crippen LogP contribution in [0.2, 0.25) is 0 Å². The van der Waals surface area contributed by atoms with Crippen LogP contribution >= 0.6 is 11.8 Å². The summed E-state index contributed by atoms with van der Waals surface area (Å²) in [5, 5.41) is 8.99. The van der Waals surface area contributed by atoms with Crippen LogP contribution in [0.4, 0.5) is 8.78 Å². The summed E-state index contributed by atoms with van der Waals surface area (Å²) in [6, 6.07) is 7.36. The molecule has 1 aromatic rings. The van der Waals surface area contributed by atoms with E-state index in [-0.39, 0.29) is 12.5 Å². The highest BCUT2D eigenvalue weighted by Crippen LogP contribution is 2.25. The topological polar surface area (TPSA) is 53.3 Å². The predicted molar refractivity (Wildman–Crippen MR) is 69.6 cm³/mol. The van der Waals surface area contributed by atoms with Crippen LogP contribution in [0.5, 0.6) is 0 Å². The van der Waals surface area contributed by atoms with Crippen LogP contribution in [0.25, 0.3) is 0 Å². The maximum atomic E-state index is 12.3. The van der Waals surface area contributed by atoms with Gasteiger partial charge >= 0.3 is 0 Å². The molecule has 0 N–H and O–H groups in total. The van der Waals surface area contributed by atoms with Gasteiger partial charge in [-0.15, -0.1) is 0 Å². The standard InChI is InChI=1S/C13H12F2N2O2S/c14-13(15)20-11-3-1-9(2-4-11)12(18)17-5-6-19-8-10(17)7-16/h1-4,10,13H,5-6,8H2. The van der Waals surface area contributed by atoms with E-state index in [0.29, 0.717) is 35.4 Å². The van der Waals surface area contributed by atoms with Crippen molar-refractivity contribution in [1.29, 1.82) is 5.26 Å². The minimum Gasteiger partial charge on any atom is -0.376 e. The van der Waals surface area contributed by atoms with Crippen molar-refractivity contribution in [2.75, 3.05) is 19.8 Å². The van der Waals surface area contributed by atoms with Crippen molar-refractivity contribution in [2.24, 2.45) is 0 Å². The first kappa shape index (κ1) is 14.8. The number of nitrogens with zero attached hydrogens (tertiary/aromatic N) is 2. The average Bonchev–Trinajstić information content (AvgIpc) is 2.46. The maximum absolute atomic E-state index is 12.3. The predicted octanol–water partition coefficient (Wildman–Crippen LogP) is 2.37. The van der Waals surface area contributed by atoms with E-state index < -0.39 is 11.8 Å². The molecule has 0 spiro atoms. The minimum absolute atomic E-state index is 0.196. The number of carbonyl (C=O) groups is 1. The fraction of sp³-hybridized carbons (Fsp3) is 0.385. The zero-order valence-electron chi connectivity index (χ0n) is 10.5. The molecule has 4 nitrogen and oxygen atoms in total. The monoisotopic (exact) mass is 298 g/mol. The Morgan fingerprint density at radius 1 is 1.45 bits per heavy atom. The van der Waals surface area contributed by atoms with Crippen LogP contribution < -0.4 is 0 Å². The van der Waals surface area contributed by atoms with Gasteiger partial charge in [0, 0.05) is 17.0 Å². The fourth-order valence-corrected chi connectivity index (χ4v) is 2.40. The average molecular weight is 298 g/mol. The van der Waals surface area contributed by atoms with E-state index in [1.54, 1.807) is 0 Å². The molecule has 7 heteroatoms. The number of thioether (sulfide) groups is 1. The van der Waals surface area contributed by atoms with Gasteiger partial charge in [0.2, 0.25) is 0 Å². The van der Waals surface area contributed by atoms with Crippen molar-refractivity contribution in [3.8, 4) is 6.07 Å². The van der Waals surface area contributed by atoms with Gasteiger partial charge < -0.3 is 9.64 Å². The van der Waals surface area contributed by atoms with Crippen LogP contribution in [0.3, 0.4) is 0 Å². The first-order chi connectivity index (χ1) is 9.61. The van der Waals surface area contributed by atoms with E-state index in [1.165, 1.54) is 29.2 Å². The lowest BCUT2D eigenvalue weighted by Gasteiger charge is -2.31. The quantitative estimate of drug-likeness (QED) is 0.804. The van der Waals surface area contributed by atoms with Crippen molar-refractivity contribution in [1.82, 2.24) is 4.90 Å². The van der Waals surface area contributed by atoms with Crippen LogP contribution in [0.1, 0.15) is 10.4 Å². The molecule has 0 bridgehead atoms. The molecular weight excluding hydrogens is 286 g/mol. The molecule has 0 aliphatic carbocycles. The Balaban J connectivity index is 2.10. The Kier molecular flexibility index (Phi) is 4.93. The number of hydrogen-bond donors (Lipinski definition) is 0. The van der Waals surface area contributed by atoms with Gasteiger partial charge in [0.05, 0.1) is 19.3 Å². The number of ether oxygens (including phenoxy) is 1. The molecule has 1 heterocycles. The second-order valence-corrected chi connectivity index (χ2v) is 5.18. The molecule has 1 unspecified atom stereocenters. The van der Waals surface area contributed by atoms with Gasteiger partial charge in [-0.05, 0) is 24.3 Å². The number of carbonyl (C=O) groups excluding carboxylic acids is 1. The van der Waals surface area contributed by atoms with Gasteiger partial charge in [0.1, 0.15) is 6.04 Å². The molecular formula is C13H12F2N2O2S. The number of halogens is 2. The van der Waals surface area contributed by atoms with Crippen molar-refractivity contribution in [2.45, 2.75) is 16.7 Å². The van der Waals surface area contributed by atoms with E-state index in [2.05, 4.69) is 0 Å². The molecule has 1 amide bonds. The van der Waals surface area contributed by atoms with Crippen LogP contribution in [0.15, 0.2) is 29.2 Å². The third kappa shape index (κ3) is 3.46. The molecule has 1 aliphatic heterocycles. The zero-order chi connectivity index (χ0) is 14.5. The van der Waals surface area contributed by atoms with Crippen molar-refractivity contribution in [3.05, 3.63) is 29.8 Å². The lowest BCUT2D eigenvalue weighted by molar-refractivity contribution is 0.0132. The van der Waals surface area contributed by atoms with Gasteiger partial charge in [-0.2, -0.15) is 14.0 Å². The fourth-order valence-electron chi connectivity index (χ4n) is 1.90. The van der Waals surface area contributed by atoms with E-state index in [1.807, 2.05) is 6.07 Å². The minimum atomic E-state index is -2.49. The summed E-state index contributed by atoms with van der Waals surface area (Å²) in [6.07, 6.45) is 0. The largest absolute Gasteiger partial charge is 0.376 e.